The second-order valence-electron chi connectivity index (χ2n) is 16.0. The minimum absolute atomic E-state index is 0.652. The van der Waals surface area contributed by atoms with Crippen molar-refractivity contribution in [3.8, 4) is 33.4 Å². The van der Waals surface area contributed by atoms with E-state index >= 15 is 0 Å². The van der Waals surface area contributed by atoms with Crippen LogP contribution in [0.4, 0.5) is 34.1 Å². The highest BCUT2D eigenvalue weighted by Crippen LogP contribution is 2.67. The van der Waals surface area contributed by atoms with E-state index in [-0.39, 0.29) is 0 Å². The molecule has 2 aliphatic rings. The number of fused-ring (bicyclic) bond motifs is 12. The summed E-state index contributed by atoms with van der Waals surface area (Å²) in [7, 11) is 0. The van der Waals surface area contributed by atoms with Gasteiger partial charge in [0.1, 0.15) is 0 Å². The zero-order valence-electron chi connectivity index (χ0n) is 33.5. The lowest BCUT2D eigenvalue weighted by molar-refractivity contribution is 0.793. The predicted octanol–water partition coefficient (Wildman–Crippen LogP) is 15.8. The molecule has 2 nitrogen and oxygen atoms in total. The Morgan fingerprint density at radius 3 is 1.46 bits per heavy atom. The van der Waals surface area contributed by atoms with Gasteiger partial charge in [0.2, 0.25) is 0 Å². The van der Waals surface area contributed by atoms with Gasteiger partial charge < -0.3 is 9.80 Å². The van der Waals surface area contributed by atoms with Crippen molar-refractivity contribution in [1.29, 1.82) is 0 Å². The Kier molecular flexibility index (Phi) is 8.11. The first-order valence-electron chi connectivity index (χ1n) is 21.1. The summed E-state index contributed by atoms with van der Waals surface area (Å²) in [6.07, 6.45) is 0. The molecule has 12 rings (SSSR count). The van der Waals surface area contributed by atoms with Crippen LogP contribution in [-0.2, 0) is 5.41 Å². The maximum atomic E-state index is 2.53. The fourth-order valence-electron chi connectivity index (χ4n) is 10.4. The minimum Gasteiger partial charge on any atom is -0.310 e. The second-order valence-corrected chi connectivity index (χ2v) is 16.0. The van der Waals surface area contributed by atoms with Gasteiger partial charge in [-0.3, -0.25) is 0 Å². The van der Waals surface area contributed by atoms with Crippen molar-refractivity contribution in [3.05, 3.63) is 265 Å². The van der Waals surface area contributed by atoms with Crippen LogP contribution in [0.3, 0.4) is 0 Å². The Hall–Kier alpha value is -7.94. The molecule has 2 heteroatoms. The standard InChI is InChI=1S/C59H40N2/c1-5-21-41(22-6-1)47-30-17-20-36-55(47)61(45-28-11-4-12-29-45)56-39-42-23-13-14-31-48(42)57-51-33-16-19-35-53(51)59(58(56)57)52-34-18-15-32-49(52)50-38-37-46(40-54(50)59)60(43-24-7-2-8-25-43)44-26-9-3-10-27-44/h1-40H. The molecule has 1 spiro atoms. The largest absolute Gasteiger partial charge is 0.310 e. The van der Waals surface area contributed by atoms with Crippen molar-refractivity contribution in [1.82, 2.24) is 0 Å². The highest BCUT2D eigenvalue weighted by Gasteiger charge is 2.54. The third-order valence-corrected chi connectivity index (χ3v) is 12.8. The first-order valence-corrected chi connectivity index (χ1v) is 21.1. The summed E-state index contributed by atoms with van der Waals surface area (Å²) in [6.45, 7) is 0. The van der Waals surface area contributed by atoms with E-state index in [9.17, 15) is 0 Å². The van der Waals surface area contributed by atoms with E-state index in [2.05, 4.69) is 252 Å². The van der Waals surface area contributed by atoms with E-state index < -0.39 is 5.41 Å². The lowest BCUT2D eigenvalue weighted by Gasteiger charge is -2.37. The van der Waals surface area contributed by atoms with Crippen molar-refractivity contribution >= 4 is 44.9 Å². The molecule has 0 saturated carbocycles. The van der Waals surface area contributed by atoms with E-state index in [1.165, 1.54) is 66.4 Å². The zero-order chi connectivity index (χ0) is 40.3. The second kappa shape index (κ2) is 14.1. The summed E-state index contributed by atoms with van der Waals surface area (Å²) in [5.41, 5.74) is 18.7. The lowest BCUT2D eigenvalue weighted by Crippen LogP contribution is -2.28. The number of para-hydroxylation sites is 4. The molecule has 61 heavy (non-hydrogen) atoms. The summed E-state index contributed by atoms with van der Waals surface area (Å²) in [4.78, 5) is 4.93. The maximum Gasteiger partial charge on any atom is 0.0747 e. The Morgan fingerprint density at radius 2 is 0.787 bits per heavy atom. The van der Waals surface area contributed by atoms with Gasteiger partial charge in [-0.05, 0) is 116 Å². The number of hydrogen-bond acceptors (Lipinski definition) is 2. The van der Waals surface area contributed by atoms with Gasteiger partial charge in [-0.15, -0.1) is 0 Å². The summed E-state index contributed by atoms with van der Waals surface area (Å²) in [5, 5.41) is 2.47. The molecule has 0 bridgehead atoms. The highest BCUT2D eigenvalue weighted by atomic mass is 15.2. The summed E-state index contributed by atoms with van der Waals surface area (Å²) >= 11 is 0. The van der Waals surface area contributed by atoms with Crippen LogP contribution < -0.4 is 9.80 Å². The molecule has 1 unspecified atom stereocenters. The Balaban J connectivity index is 1.23. The van der Waals surface area contributed by atoms with Gasteiger partial charge >= 0.3 is 0 Å². The highest BCUT2D eigenvalue weighted by molar-refractivity contribution is 6.11. The Bertz CT molecular complexity index is 3210. The summed E-state index contributed by atoms with van der Waals surface area (Å²) in [5.74, 6) is 0. The SMILES string of the molecule is c1ccc(-c2ccccc2N(c2ccccc2)c2cc3ccccc3c3c2C2(c4ccccc4-c4ccc(N(c5ccccc5)c5ccccc5)cc42)c2ccccc2-3)cc1. The summed E-state index contributed by atoms with van der Waals surface area (Å²) < 4.78 is 0. The zero-order valence-corrected chi connectivity index (χ0v) is 33.5. The average Bonchev–Trinajstić information content (AvgIpc) is 3.81. The van der Waals surface area contributed by atoms with Crippen LogP contribution in [0.2, 0.25) is 0 Å². The fourth-order valence-corrected chi connectivity index (χ4v) is 10.4. The topological polar surface area (TPSA) is 6.48 Å². The van der Waals surface area contributed by atoms with E-state index in [1.807, 2.05) is 0 Å². The van der Waals surface area contributed by atoms with Crippen LogP contribution in [0.5, 0.6) is 0 Å². The fraction of sp³-hybridized carbons (Fsp3) is 0.0169. The number of anilines is 6. The van der Waals surface area contributed by atoms with Crippen LogP contribution in [0.15, 0.2) is 243 Å². The molecule has 0 amide bonds. The van der Waals surface area contributed by atoms with Gasteiger partial charge in [-0.1, -0.05) is 182 Å². The van der Waals surface area contributed by atoms with E-state index in [1.54, 1.807) is 0 Å². The van der Waals surface area contributed by atoms with Gasteiger partial charge in [0, 0.05) is 33.9 Å². The molecule has 10 aromatic carbocycles. The van der Waals surface area contributed by atoms with Crippen molar-refractivity contribution in [3.63, 3.8) is 0 Å². The van der Waals surface area contributed by atoms with Crippen molar-refractivity contribution in [2.75, 3.05) is 9.80 Å². The number of nitrogens with zero attached hydrogens (tertiary/aromatic N) is 2. The van der Waals surface area contributed by atoms with Gasteiger partial charge in [0.05, 0.1) is 16.8 Å². The molecule has 0 fully saturated rings. The van der Waals surface area contributed by atoms with E-state index in [4.69, 9.17) is 0 Å². The number of benzene rings is 10. The molecular weight excluding hydrogens is 737 g/mol. The van der Waals surface area contributed by atoms with Gasteiger partial charge in [-0.25, -0.2) is 0 Å². The van der Waals surface area contributed by atoms with Crippen LogP contribution in [-0.4, -0.2) is 0 Å². The first kappa shape index (κ1) is 35.0. The Labute approximate surface area is 356 Å². The average molecular weight is 777 g/mol. The minimum atomic E-state index is -0.652. The third kappa shape index (κ3) is 5.29. The van der Waals surface area contributed by atoms with Crippen molar-refractivity contribution in [2.24, 2.45) is 0 Å². The molecule has 0 N–H and O–H groups in total. The lowest BCUT2D eigenvalue weighted by atomic mass is 9.69. The van der Waals surface area contributed by atoms with Crippen molar-refractivity contribution in [2.45, 2.75) is 5.41 Å². The monoisotopic (exact) mass is 776 g/mol. The third-order valence-electron chi connectivity index (χ3n) is 12.8. The molecule has 2 aliphatic carbocycles. The van der Waals surface area contributed by atoms with Gasteiger partial charge in [0.25, 0.3) is 0 Å². The molecule has 0 saturated heterocycles. The molecule has 0 aromatic heterocycles. The predicted molar refractivity (Wildman–Crippen MR) is 255 cm³/mol. The smallest absolute Gasteiger partial charge is 0.0747 e. The van der Waals surface area contributed by atoms with Crippen LogP contribution in [0.1, 0.15) is 22.3 Å². The molecule has 1 atom stereocenters. The quantitative estimate of drug-likeness (QED) is 0.159. The summed E-state index contributed by atoms with van der Waals surface area (Å²) in [6, 6.07) is 89.1. The van der Waals surface area contributed by atoms with Crippen molar-refractivity contribution < 1.29 is 0 Å². The van der Waals surface area contributed by atoms with E-state index in [0.717, 1.165) is 34.1 Å². The maximum absolute atomic E-state index is 2.53. The van der Waals surface area contributed by atoms with Crippen LogP contribution in [0, 0.1) is 0 Å². The molecule has 0 heterocycles. The van der Waals surface area contributed by atoms with Gasteiger partial charge in [0.15, 0.2) is 0 Å². The Morgan fingerprint density at radius 1 is 0.295 bits per heavy atom. The van der Waals surface area contributed by atoms with Crippen LogP contribution >= 0.6 is 0 Å². The van der Waals surface area contributed by atoms with Crippen LogP contribution in [0.25, 0.3) is 44.2 Å². The number of rotatable bonds is 7. The molecule has 0 radical (unpaired) electrons. The molecular formula is C59H40N2. The van der Waals surface area contributed by atoms with E-state index in [0.29, 0.717) is 0 Å². The molecule has 0 aliphatic heterocycles. The first-order chi connectivity index (χ1) is 30.3. The van der Waals surface area contributed by atoms with Gasteiger partial charge in [-0.2, -0.15) is 0 Å². The number of hydrogen-bond donors (Lipinski definition) is 0. The normalized spacial score (nSPS) is 14.3. The molecule has 10 aromatic rings. The molecule has 286 valence electrons.